The third-order valence-corrected chi connectivity index (χ3v) is 3.72. The molecule has 2 rings (SSSR count). The first-order valence-corrected chi connectivity index (χ1v) is 7.57. The number of amides is 1. The molecule has 0 N–H and O–H groups in total. The predicted molar refractivity (Wildman–Crippen MR) is 82.3 cm³/mol. The number of methoxy groups -OCH3 is 1. The van der Waals surface area contributed by atoms with Crippen molar-refractivity contribution >= 4 is 12.1 Å². The average Bonchev–Trinajstić information content (AvgIpc) is 2.90. The summed E-state index contributed by atoms with van der Waals surface area (Å²) in [4.78, 5) is 26.0. The van der Waals surface area contributed by atoms with Gasteiger partial charge in [-0.05, 0) is 51.3 Å². The van der Waals surface area contributed by atoms with E-state index in [1.165, 1.54) is 24.1 Å². The molecule has 1 amide bonds. The molecule has 6 heteroatoms. The van der Waals surface area contributed by atoms with Crippen LogP contribution in [0.4, 0.5) is 9.18 Å². The third-order valence-electron chi connectivity index (χ3n) is 3.72. The van der Waals surface area contributed by atoms with Gasteiger partial charge in [0.05, 0.1) is 13.2 Å². The van der Waals surface area contributed by atoms with E-state index >= 15 is 0 Å². The number of hydrogen-bond donors (Lipinski definition) is 0. The van der Waals surface area contributed by atoms with Crippen molar-refractivity contribution in [3.05, 3.63) is 35.6 Å². The van der Waals surface area contributed by atoms with E-state index in [1.54, 1.807) is 32.9 Å². The lowest BCUT2D eigenvalue weighted by atomic mass is 10.0. The first-order valence-electron chi connectivity index (χ1n) is 7.57. The van der Waals surface area contributed by atoms with E-state index in [1.807, 2.05) is 0 Å². The van der Waals surface area contributed by atoms with Crippen LogP contribution in [0.25, 0.3) is 0 Å². The fourth-order valence-corrected chi connectivity index (χ4v) is 2.76. The van der Waals surface area contributed by atoms with Gasteiger partial charge >= 0.3 is 12.1 Å². The van der Waals surface area contributed by atoms with Gasteiger partial charge in [0.15, 0.2) is 0 Å². The monoisotopic (exact) mass is 323 g/mol. The van der Waals surface area contributed by atoms with E-state index in [4.69, 9.17) is 9.47 Å². The van der Waals surface area contributed by atoms with Crippen molar-refractivity contribution in [2.45, 2.75) is 51.3 Å². The van der Waals surface area contributed by atoms with Crippen LogP contribution in [0.1, 0.15) is 45.2 Å². The van der Waals surface area contributed by atoms with E-state index < -0.39 is 23.7 Å². The summed E-state index contributed by atoms with van der Waals surface area (Å²) in [6.45, 7) is 5.29. The molecule has 0 spiro atoms. The molecule has 1 fully saturated rings. The van der Waals surface area contributed by atoms with Gasteiger partial charge in [-0.15, -0.1) is 0 Å². The lowest BCUT2D eigenvalue weighted by Gasteiger charge is -2.31. The van der Waals surface area contributed by atoms with Crippen LogP contribution in [-0.2, 0) is 14.3 Å². The van der Waals surface area contributed by atoms with Gasteiger partial charge in [0, 0.05) is 0 Å². The van der Waals surface area contributed by atoms with Crippen molar-refractivity contribution in [1.82, 2.24) is 4.90 Å². The molecule has 0 radical (unpaired) electrons. The maximum absolute atomic E-state index is 13.1. The molecule has 126 valence electrons. The van der Waals surface area contributed by atoms with Crippen LogP contribution in [0.15, 0.2) is 24.3 Å². The van der Waals surface area contributed by atoms with Crippen molar-refractivity contribution in [3.63, 3.8) is 0 Å². The summed E-state index contributed by atoms with van der Waals surface area (Å²) in [5.74, 6) is -0.819. The first kappa shape index (κ1) is 17.2. The van der Waals surface area contributed by atoms with Gasteiger partial charge in [-0.2, -0.15) is 0 Å². The summed E-state index contributed by atoms with van der Waals surface area (Å²) in [5, 5.41) is 0. The Hall–Kier alpha value is -2.11. The Kier molecular flexibility index (Phi) is 4.92. The van der Waals surface area contributed by atoms with Crippen LogP contribution in [0, 0.1) is 5.82 Å². The smallest absolute Gasteiger partial charge is 0.411 e. The molecule has 1 unspecified atom stereocenters. The van der Waals surface area contributed by atoms with Gasteiger partial charge < -0.3 is 9.47 Å². The van der Waals surface area contributed by atoms with E-state index in [9.17, 15) is 14.0 Å². The molecule has 23 heavy (non-hydrogen) atoms. The number of esters is 1. The number of ether oxygens (including phenoxy) is 2. The minimum absolute atomic E-state index is 0.338. The fraction of sp³-hybridized carbons (Fsp3) is 0.529. The molecule has 0 bridgehead atoms. The van der Waals surface area contributed by atoms with Gasteiger partial charge in [0.2, 0.25) is 0 Å². The van der Waals surface area contributed by atoms with Gasteiger partial charge in [-0.25, -0.2) is 14.0 Å². The Morgan fingerprint density at radius 1 is 1.17 bits per heavy atom. The lowest BCUT2D eigenvalue weighted by Crippen LogP contribution is -2.44. The molecule has 0 aromatic heterocycles. The van der Waals surface area contributed by atoms with Crippen LogP contribution in [0.2, 0.25) is 0 Å². The van der Waals surface area contributed by atoms with Crippen molar-refractivity contribution in [2.24, 2.45) is 0 Å². The highest BCUT2D eigenvalue weighted by atomic mass is 19.1. The molecule has 1 aliphatic rings. The van der Waals surface area contributed by atoms with Crippen molar-refractivity contribution in [1.29, 1.82) is 0 Å². The maximum Gasteiger partial charge on any atom is 0.411 e. The number of rotatable bonds is 2. The molecular formula is C17H22FNO4. The molecule has 1 aromatic rings. The van der Waals surface area contributed by atoms with Gasteiger partial charge in [-0.1, -0.05) is 12.1 Å². The average molecular weight is 323 g/mol. The number of carbonyl (C=O) groups excluding carboxylic acids is 2. The van der Waals surface area contributed by atoms with Gasteiger partial charge in [0.25, 0.3) is 0 Å². The minimum Gasteiger partial charge on any atom is -0.467 e. The summed E-state index contributed by atoms with van der Waals surface area (Å²) in [7, 11) is 1.29. The fourth-order valence-electron chi connectivity index (χ4n) is 2.76. The molecule has 1 aliphatic heterocycles. The minimum atomic E-state index is -0.690. The molecule has 1 aromatic carbocycles. The zero-order valence-electron chi connectivity index (χ0n) is 13.8. The molecular weight excluding hydrogens is 301 g/mol. The zero-order valence-corrected chi connectivity index (χ0v) is 13.8. The highest BCUT2D eigenvalue weighted by molar-refractivity contribution is 5.82. The van der Waals surface area contributed by atoms with Crippen LogP contribution < -0.4 is 0 Å². The molecule has 1 saturated heterocycles. The third kappa shape index (κ3) is 4.00. The van der Waals surface area contributed by atoms with Gasteiger partial charge in [-0.3, -0.25) is 4.90 Å². The maximum atomic E-state index is 13.1. The first-order chi connectivity index (χ1) is 10.7. The summed E-state index contributed by atoms with van der Waals surface area (Å²) in [5.41, 5.74) is 0.0944. The van der Waals surface area contributed by atoms with Crippen molar-refractivity contribution < 1.29 is 23.5 Å². The van der Waals surface area contributed by atoms with Crippen LogP contribution in [0.3, 0.4) is 0 Å². The summed E-state index contributed by atoms with van der Waals surface area (Å²) in [6.07, 6.45) is 0.498. The lowest BCUT2D eigenvalue weighted by molar-refractivity contribution is -0.146. The molecule has 0 saturated carbocycles. The molecule has 0 aliphatic carbocycles. The molecule has 2 atom stereocenters. The standard InChI is InChI=1S/C17H22FNO4/c1-17(2,3)23-16(21)19-13(9-10-14(19)15(20)22-4)11-5-7-12(18)8-6-11/h5-8,13-14H,9-10H2,1-4H3/t13?,14-/m0/s1. The number of hydrogen-bond acceptors (Lipinski definition) is 4. The Bertz CT molecular complexity index is 579. The quantitative estimate of drug-likeness (QED) is 0.782. The van der Waals surface area contributed by atoms with Crippen LogP contribution in [0.5, 0.6) is 0 Å². The predicted octanol–water partition coefficient (Wildman–Crippen LogP) is 3.44. The zero-order chi connectivity index (χ0) is 17.2. The SMILES string of the molecule is COC(=O)[C@@H]1CCC(c2ccc(F)cc2)N1C(=O)OC(C)(C)C. The Morgan fingerprint density at radius 2 is 1.78 bits per heavy atom. The number of nitrogens with zero attached hydrogens (tertiary/aromatic N) is 1. The second-order valence-corrected chi connectivity index (χ2v) is 6.57. The Morgan fingerprint density at radius 3 is 2.30 bits per heavy atom. The van der Waals surface area contributed by atoms with Crippen molar-refractivity contribution in [2.75, 3.05) is 7.11 Å². The molecule has 1 heterocycles. The topological polar surface area (TPSA) is 55.8 Å². The highest BCUT2D eigenvalue weighted by Crippen LogP contribution is 2.37. The van der Waals surface area contributed by atoms with E-state index in [-0.39, 0.29) is 11.9 Å². The molecule has 5 nitrogen and oxygen atoms in total. The van der Waals surface area contributed by atoms with E-state index in [0.29, 0.717) is 12.8 Å². The second-order valence-electron chi connectivity index (χ2n) is 6.57. The normalized spacial score (nSPS) is 21.2. The number of carbonyl (C=O) groups is 2. The number of halogens is 1. The Labute approximate surface area is 135 Å². The van der Waals surface area contributed by atoms with E-state index in [0.717, 1.165) is 5.56 Å². The summed E-state index contributed by atoms with van der Waals surface area (Å²) >= 11 is 0. The number of benzene rings is 1. The Balaban J connectivity index is 2.31. The largest absolute Gasteiger partial charge is 0.467 e. The van der Waals surface area contributed by atoms with Crippen LogP contribution >= 0.6 is 0 Å². The van der Waals surface area contributed by atoms with Crippen LogP contribution in [-0.4, -0.2) is 35.7 Å². The van der Waals surface area contributed by atoms with Gasteiger partial charge in [0.1, 0.15) is 17.5 Å². The highest BCUT2D eigenvalue weighted by Gasteiger charge is 2.44. The second kappa shape index (κ2) is 6.56. The van der Waals surface area contributed by atoms with E-state index in [2.05, 4.69) is 0 Å². The number of likely N-dealkylation sites (tertiary alicyclic amines) is 1. The summed E-state index contributed by atoms with van der Waals surface area (Å²) < 4.78 is 23.4. The summed E-state index contributed by atoms with van der Waals surface area (Å²) in [6, 6.07) is 4.90. The van der Waals surface area contributed by atoms with Crippen molar-refractivity contribution in [3.8, 4) is 0 Å².